The predicted octanol–water partition coefficient (Wildman–Crippen LogP) is 3.68. The van der Waals surface area contributed by atoms with Crippen LogP contribution in [0, 0.1) is 12.8 Å². The zero-order chi connectivity index (χ0) is 14.3. The number of nitrogens with zero attached hydrogens (tertiary/aromatic N) is 1. The monoisotopic (exact) mass is 265 g/mol. The zero-order valence-electron chi connectivity index (χ0n) is 12.0. The van der Waals surface area contributed by atoms with E-state index < -0.39 is 5.97 Å². The minimum Gasteiger partial charge on any atom is -0.477 e. The predicted molar refractivity (Wildman–Crippen MR) is 74.7 cm³/mol. The highest BCUT2D eigenvalue weighted by Gasteiger charge is 2.15. The topological polar surface area (TPSA) is 59.4 Å². The quantitative estimate of drug-likeness (QED) is 0.778. The van der Waals surface area contributed by atoms with Crippen LogP contribution in [0.4, 0.5) is 0 Å². The highest BCUT2D eigenvalue weighted by atomic mass is 16.5. The largest absolute Gasteiger partial charge is 0.477 e. The van der Waals surface area contributed by atoms with Gasteiger partial charge in [-0.2, -0.15) is 0 Å². The number of rotatable bonds is 8. The summed E-state index contributed by atoms with van der Waals surface area (Å²) in [7, 11) is 0. The number of carboxylic acids is 1. The number of aromatic nitrogens is 1. The minimum atomic E-state index is -0.996. The Morgan fingerprint density at radius 3 is 2.74 bits per heavy atom. The average molecular weight is 265 g/mol. The molecule has 0 saturated carbocycles. The normalized spacial score (nSPS) is 12.2. The molecule has 1 aromatic rings. The van der Waals surface area contributed by atoms with Gasteiger partial charge in [-0.3, -0.25) is 0 Å². The van der Waals surface area contributed by atoms with E-state index in [0.29, 0.717) is 12.5 Å². The molecule has 1 unspecified atom stereocenters. The Bertz CT molecular complexity index is 418. The zero-order valence-corrected chi connectivity index (χ0v) is 12.0. The highest BCUT2D eigenvalue weighted by Crippen LogP contribution is 2.19. The maximum Gasteiger partial charge on any atom is 0.341 e. The van der Waals surface area contributed by atoms with Crippen molar-refractivity contribution in [2.75, 3.05) is 6.61 Å². The van der Waals surface area contributed by atoms with E-state index in [0.717, 1.165) is 18.5 Å². The minimum absolute atomic E-state index is 0.135. The van der Waals surface area contributed by atoms with E-state index in [-0.39, 0.29) is 11.4 Å². The molecule has 0 saturated heterocycles. The molecule has 4 nitrogen and oxygen atoms in total. The van der Waals surface area contributed by atoms with Crippen LogP contribution in [0.15, 0.2) is 12.1 Å². The van der Waals surface area contributed by atoms with Gasteiger partial charge in [0.2, 0.25) is 5.88 Å². The van der Waals surface area contributed by atoms with Gasteiger partial charge in [0.1, 0.15) is 5.56 Å². The molecule has 0 amide bonds. The molecule has 0 aliphatic carbocycles. The molecule has 1 heterocycles. The maximum atomic E-state index is 11.1. The van der Waals surface area contributed by atoms with Gasteiger partial charge in [-0.05, 0) is 31.4 Å². The molecular formula is C15H23NO3. The first kappa shape index (κ1) is 15.5. The molecule has 0 fully saturated rings. The summed E-state index contributed by atoms with van der Waals surface area (Å²) in [6.07, 6.45) is 4.49. The lowest BCUT2D eigenvalue weighted by molar-refractivity contribution is 0.0689. The van der Waals surface area contributed by atoms with E-state index in [1.807, 2.05) is 6.92 Å². The molecule has 1 N–H and O–H groups in total. The Balaban J connectivity index is 2.70. The lowest BCUT2D eigenvalue weighted by atomic mass is 10.0. The Kier molecular flexibility index (Phi) is 6.33. The van der Waals surface area contributed by atoms with Gasteiger partial charge in [-0.1, -0.05) is 33.1 Å². The number of hydrogen-bond acceptors (Lipinski definition) is 3. The van der Waals surface area contributed by atoms with E-state index in [2.05, 4.69) is 18.8 Å². The van der Waals surface area contributed by atoms with Crippen LogP contribution in [0.5, 0.6) is 5.88 Å². The Morgan fingerprint density at radius 1 is 1.42 bits per heavy atom. The van der Waals surface area contributed by atoms with Gasteiger partial charge in [-0.25, -0.2) is 9.78 Å². The summed E-state index contributed by atoms with van der Waals surface area (Å²) in [5, 5.41) is 9.10. The van der Waals surface area contributed by atoms with Gasteiger partial charge in [0.15, 0.2) is 0 Å². The lowest BCUT2D eigenvalue weighted by Crippen LogP contribution is -2.14. The summed E-state index contributed by atoms with van der Waals surface area (Å²) < 4.78 is 5.64. The number of pyridine rings is 1. The van der Waals surface area contributed by atoms with Crippen molar-refractivity contribution in [2.45, 2.75) is 46.5 Å². The fourth-order valence-electron chi connectivity index (χ4n) is 1.90. The number of ether oxygens (including phenoxy) is 1. The Morgan fingerprint density at radius 2 is 2.16 bits per heavy atom. The van der Waals surface area contributed by atoms with E-state index in [1.165, 1.54) is 12.8 Å². The molecule has 4 heteroatoms. The third-order valence-corrected chi connectivity index (χ3v) is 3.23. The SMILES string of the molecule is CCCCC(CC)COc1nc(C)ccc1C(=O)O. The van der Waals surface area contributed by atoms with Crippen molar-refractivity contribution in [1.29, 1.82) is 0 Å². The van der Waals surface area contributed by atoms with Gasteiger partial charge in [0.05, 0.1) is 6.61 Å². The molecule has 0 aliphatic heterocycles. The molecule has 0 aromatic carbocycles. The van der Waals surface area contributed by atoms with Gasteiger partial charge in [0, 0.05) is 5.69 Å². The highest BCUT2D eigenvalue weighted by molar-refractivity contribution is 5.90. The summed E-state index contributed by atoms with van der Waals surface area (Å²) >= 11 is 0. The standard InChI is InChI=1S/C15H23NO3/c1-4-6-7-12(5-2)10-19-14-13(15(17)18)9-8-11(3)16-14/h8-9,12H,4-7,10H2,1-3H3,(H,17,18). The summed E-state index contributed by atoms with van der Waals surface area (Å²) in [6.45, 7) is 6.66. The van der Waals surface area contributed by atoms with Crippen LogP contribution in [0.25, 0.3) is 0 Å². The second kappa shape index (κ2) is 7.77. The lowest BCUT2D eigenvalue weighted by Gasteiger charge is -2.16. The first-order valence-corrected chi connectivity index (χ1v) is 6.92. The summed E-state index contributed by atoms with van der Waals surface area (Å²) in [4.78, 5) is 15.3. The van der Waals surface area contributed by atoms with Crippen LogP contribution in [-0.4, -0.2) is 22.7 Å². The number of unbranched alkanes of at least 4 members (excludes halogenated alkanes) is 1. The fraction of sp³-hybridized carbons (Fsp3) is 0.600. The maximum absolute atomic E-state index is 11.1. The number of aryl methyl sites for hydroxylation is 1. The molecule has 0 aliphatic rings. The molecular weight excluding hydrogens is 242 g/mol. The van der Waals surface area contributed by atoms with E-state index in [1.54, 1.807) is 12.1 Å². The van der Waals surface area contributed by atoms with Crippen molar-refractivity contribution in [2.24, 2.45) is 5.92 Å². The van der Waals surface area contributed by atoms with Crippen LogP contribution in [0.2, 0.25) is 0 Å². The number of carboxylic acid groups (broad SMARTS) is 1. The second-order valence-electron chi connectivity index (χ2n) is 4.84. The van der Waals surface area contributed by atoms with Gasteiger partial charge >= 0.3 is 5.97 Å². The van der Waals surface area contributed by atoms with E-state index >= 15 is 0 Å². The Labute approximate surface area is 114 Å². The number of aromatic carboxylic acids is 1. The number of carbonyl (C=O) groups is 1. The van der Waals surface area contributed by atoms with Crippen molar-refractivity contribution >= 4 is 5.97 Å². The van der Waals surface area contributed by atoms with Crippen molar-refractivity contribution < 1.29 is 14.6 Å². The van der Waals surface area contributed by atoms with Crippen LogP contribution >= 0.6 is 0 Å². The van der Waals surface area contributed by atoms with Crippen LogP contribution in [-0.2, 0) is 0 Å². The fourth-order valence-corrected chi connectivity index (χ4v) is 1.90. The summed E-state index contributed by atoms with van der Waals surface area (Å²) in [5.74, 6) is -0.296. The molecule has 1 atom stereocenters. The van der Waals surface area contributed by atoms with Crippen molar-refractivity contribution in [3.05, 3.63) is 23.4 Å². The third kappa shape index (κ3) is 4.89. The third-order valence-electron chi connectivity index (χ3n) is 3.23. The molecule has 19 heavy (non-hydrogen) atoms. The Hall–Kier alpha value is -1.58. The summed E-state index contributed by atoms with van der Waals surface area (Å²) in [5.41, 5.74) is 0.901. The molecule has 0 bridgehead atoms. The average Bonchev–Trinajstić information content (AvgIpc) is 2.38. The first-order chi connectivity index (χ1) is 9.08. The van der Waals surface area contributed by atoms with Gasteiger partial charge in [-0.15, -0.1) is 0 Å². The van der Waals surface area contributed by atoms with Gasteiger partial charge < -0.3 is 9.84 Å². The molecule has 1 aromatic heterocycles. The first-order valence-electron chi connectivity index (χ1n) is 6.92. The molecule has 106 valence electrons. The van der Waals surface area contributed by atoms with Crippen molar-refractivity contribution in [3.8, 4) is 5.88 Å². The number of hydrogen-bond donors (Lipinski definition) is 1. The molecule has 1 rings (SSSR count). The molecule has 0 spiro atoms. The second-order valence-corrected chi connectivity index (χ2v) is 4.84. The van der Waals surface area contributed by atoms with Crippen LogP contribution in [0.3, 0.4) is 0 Å². The van der Waals surface area contributed by atoms with Crippen LogP contribution < -0.4 is 4.74 Å². The van der Waals surface area contributed by atoms with E-state index in [9.17, 15) is 4.79 Å². The smallest absolute Gasteiger partial charge is 0.341 e. The van der Waals surface area contributed by atoms with Crippen LogP contribution in [0.1, 0.15) is 55.6 Å². The summed E-state index contributed by atoms with van der Waals surface area (Å²) in [6, 6.07) is 3.23. The van der Waals surface area contributed by atoms with Crippen molar-refractivity contribution in [3.63, 3.8) is 0 Å². The molecule has 0 radical (unpaired) electrons. The van der Waals surface area contributed by atoms with Gasteiger partial charge in [0.25, 0.3) is 0 Å². The van der Waals surface area contributed by atoms with E-state index in [4.69, 9.17) is 9.84 Å². The van der Waals surface area contributed by atoms with Crippen molar-refractivity contribution in [1.82, 2.24) is 4.98 Å².